The van der Waals surface area contributed by atoms with Gasteiger partial charge in [0, 0.05) is 5.02 Å². The van der Waals surface area contributed by atoms with Crippen molar-refractivity contribution < 1.29 is 14.3 Å². The molecule has 1 amide bonds. The van der Waals surface area contributed by atoms with Crippen LogP contribution in [0, 0.1) is 6.92 Å². The zero-order chi connectivity index (χ0) is 15.2. The molecule has 0 unspecified atom stereocenters. The highest BCUT2D eigenvalue weighted by Crippen LogP contribution is 2.22. The molecule has 0 bridgehead atoms. The van der Waals surface area contributed by atoms with Crippen molar-refractivity contribution in [3.05, 3.63) is 58.6 Å². The molecule has 0 aliphatic carbocycles. The van der Waals surface area contributed by atoms with Gasteiger partial charge in [0.25, 0.3) is 5.91 Å². The number of hydrogen-bond donors (Lipinski definition) is 1. The van der Waals surface area contributed by atoms with E-state index in [1.54, 1.807) is 12.1 Å². The summed E-state index contributed by atoms with van der Waals surface area (Å²) in [4.78, 5) is 11.3. The number of aryl methyl sites for hydroxylation is 1. The van der Waals surface area contributed by atoms with Gasteiger partial charge in [0.2, 0.25) is 0 Å². The van der Waals surface area contributed by atoms with Gasteiger partial charge >= 0.3 is 0 Å². The molecule has 0 spiro atoms. The van der Waals surface area contributed by atoms with E-state index in [2.05, 4.69) is 0 Å². The van der Waals surface area contributed by atoms with Gasteiger partial charge in [-0.25, -0.2) is 0 Å². The lowest BCUT2D eigenvalue weighted by Gasteiger charge is -2.11. The maximum atomic E-state index is 11.3. The lowest BCUT2D eigenvalue weighted by molar-refractivity contribution is 0.0995. The Morgan fingerprint density at radius 3 is 2.43 bits per heavy atom. The van der Waals surface area contributed by atoms with Gasteiger partial charge in [-0.1, -0.05) is 29.3 Å². The van der Waals surface area contributed by atoms with Crippen molar-refractivity contribution >= 4 is 17.5 Å². The Morgan fingerprint density at radius 1 is 1.10 bits per heavy atom. The fourth-order valence-corrected chi connectivity index (χ4v) is 1.94. The molecule has 2 rings (SSSR count). The van der Waals surface area contributed by atoms with Crippen LogP contribution >= 0.6 is 11.6 Å². The fourth-order valence-electron chi connectivity index (χ4n) is 1.77. The SMILES string of the molecule is Cc1ccc(OCCOc2ccc(Cl)cc2C(N)=O)cc1. The number of carbonyl (C=O) groups excluding carboxylic acids is 1. The molecule has 2 aromatic carbocycles. The summed E-state index contributed by atoms with van der Waals surface area (Å²) >= 11 is 5.83. The monoisotopic (exact) mass is 305 g/mol. The smallest absolute Gasteiger partial charge is 0.252 e. The number of ether oxygens (including phenoxy) is 2. The second-order valence-corrected chi connectivity index (χ2v) is 4.95. The van der Waals surface area contributed by atoms with Crippen molar-refractivity contribution in [2.24, 2.45) is 5.73 Å². The van der Waals surface area contributed by atoms with Gasteiger partial charge in [0.05, 0.1) is 5.56 Å². The third-order valence-electron chi connectivity index (χ3n) is 2.84. The minimum Gasteiger partial charge on any atom is -0.490 e. The molecule has 0 fully saturated rings. The van der Waals surface area contributed by atoms with E-state index in [-0.39, 0.29) is 5.56 Å². The average molecular weight is 306 g/mol. The highest BCUT2D eigenvalue weighted by atomic mass is 35.5. The quantitative estimate of drug-likeness (QED) is 0.834. The predicted molar refractivity (Wildman–Crippen MR) is 82.1 cm³/mol. The lowest BCUT2D eigenvalue weighted by Crippen LogP contribution is -2.15. The maximum absolute atomic E-state index is 11.3. The van der Waals surface area contributed by atoms with E-state index in [4.69, 9.17) is 26.8 Å². The number of hydrogen-bond acceptors (Lipinski definition) is 3. The van der Waals surface area contributed by atoms with Gasteiger partial charge in [0.1, 0.15) is 24.7 Å². The molecular weight excluding hydrogens is 290 g/mol. The second kappa shape index (κ2) is 6.99. The Balaban J connectivity index is 1.89. The molecule has 5 heteroatoms. The molecule has 0 saturated carbocycles. The summed E-state index contributed by atoms with van der Waals surface area (Å²) in [6, 6.07) is 12.5. The normalized spacial score (nSPS) is 10.2. The third-order valence-corrected chi connectivity index (χ3v) is 3.07. The minimum absolute atomic E-state index is 0.262. The number of benzene rings is 2. The van der Waals surface area contributed by atoms with Gasteiger partial charge in [-0.3, -0.25) is 4.79 Å². The molecule has 2 aromatic rings. The topological polar surface area (TPSA) is 61.6 Å². The average Bonchev–Trinajstić information content (AvgIpc) is 2.46. The first-order chi connectivity index (χ1) is 10.1. The lowest BCUT2D eigenvalue weighted by atomic mass is 10.2. The van der Waals surface area contributed by atoms with E-state index in [1.165, 1.54) is 11.6 Å². The van der Waals surface area contributed by atoms with Crippen molar-refractivity contribution in [3.63, 3.8) is 0 Å². The van der Waals surface area contributed by atoms with E-state index in [0.717, 1.165) is 5.75 Å². The second-order valence-electron chi connectivity index (χ2n) is 4.51. The number of primary amides is 1. The largest absolute Gasteiger partial charge is 0.490 e. The van der Waals surface area contributed by atoms with Crippen LogP contribution in [0.4, 0.5) is 0 Å². The van der Waals surface area contributed by atoms with Crippen molar-refractivity contribution in [3.8, 4) is 11.5 Å². The minimum atomic E-state index is -0.577. The zero-order valence-corrected chi connectivity index (χ0v) is 12.4. The van der Waals surface area contributed by atoms with Crippen molar-refractivity contribution in [1.29, 1.82) is 0 Å². The van der Waals surface area contributed by atoms with Crippen LogP contribution < -0.4 is 15.2 Å². The standard InChI is InChI=1S/C16H16ClNO3/c1-11-2-5-13(6-3-11)20-8-9-21-15-7-4-12(17)10-14(15)16(18)19/h2-7,10H,8-9H2,1H3,(H2,18,19). The molecule has 110 valence electrons. The van der Waals surface area contributed by atoms with Gasteiger partial charge in [-0.05, 0) is 37.3 Å². The van der Waals surface area contributed by atoms with Crippen LogP contribution in [0.15, 0.2) is 42.5 Å². The van der Waals surface area contributed by atoms with E-state index >= 15 is 0 Å². The van der Waals surface area contributed by atoms with Crippen molar-refractivity contribution in [1.82, 2.24) is 0 Å². The maximum Gasteiger partial charge on any atom is 0.252 e. The Morgan fingerprint density at radius 2 is 1.76 bits per heavy atom. The van der Waals surface area contributed by atoms with E-state index in [1.807, 2.05) is 31.2 Å². The number of rotatable bonds is 6. The fraction of sp³-hybridized carbons (Fsp3) is 0.188. The number of amides is 1. The summed E-state index contributed by atoms with van der Waals surface area (Å²) in [7, 11) is 0. The third kappa shape index (κ3) is 4.39. The van der Waals surface area contributed by atoms with Crippen LogP contribution in [0.3, 0.4) is 0 Å². The van der Waals surface area contributed by atoms with E-state index in [0.29, 0.717) is 24.0 Å². The Hall–Kier alpha value is -2.20. The molecule has 0 radical (unpaired) electrons. The predicted octanol–water partition coefficient (Wildman–Crippen LogP) is 3.21. The van der Waals surface area contributed by atoms with Crippen molar-refractivity contribution in [2.75, 3.05) is 13.2 Å². The first kappa shape index (κ1) is 15.2. The zero-order valence-electron chi connectivity index (χ0n) is 11.6. The van der Waals surface area contributed by atoms with E-state index in [9.17, 15) is 4.79 Å². The van der Waals surface area contributed by atoms with Crippen LogP contribution in [0.2, 0.25) is 5.02 Å². The molecule has 0 atom stereocenters. The Labute approximate surface area is 128 Å². The Kier molecular flexibility index (Phi) is 5.06. The Bertz CT molecular complexity index is 626. The number of carbonyl (C=O) groups is 1. The number of nitrogens with two attached hydrogens (primary N) is 1. The van der Waals surface area contributed by atoms with Gasteiger partial charge < -0.3 is 15.2 Å². The molecule has 2 N–H and O–H groups in total. The van der Waals surface area contributed by atoms with Gasteiger partial charge in [-0.15, -0.1) is 0 Å². The summed E-state index contributed by atoms with van der Waals surface area (Å²) in [5.74, 6) is 0.599. The van der Waals surface area contributed by atoms with Crippen LogP contribution in [0.1, 0.15) is 15.9 Å². The molecule has 0 aromatic heterocycles. The molecule has 0 saturated heterocycles. The van der Waals surface area contributed by atoms with Gasteiger partial charge in [0.15, 0.2) is 0 Å². The molecule has 0 aliphatic rings. The van der Waals surface area contributed by atoms with Crippen LogP contribution in [0.25, 0.3) is 0 Å². The summed E-state index contributed by atoms with van der Waals surface area (Å²) in [6.45, 7) is 2.68. The summed E-state index contributed by atoms with van der Waals surface area (Å²) in [5.41, 5.74) is 6.72. The molecule has 21 heavy (non-hydrogen) atoms. The summed E-state index contributed by atoms with van der Waals surface area (Å²) in [6.07, 6.45) is 0. The molecule has 0 aliphatic heterocycles. The summed E-state index contributed by atoms with van der Waals surface area (Å²) in [5, 5.41) is 0.437. The van der Waals surface area contributed by atoms with Gasteiger partial charge in [-0.2, -0.15) is 0 Å². The first-order valence-electron chi connectivity index (χ1n) is 6.48. The molecule has 4 nitrogen and oxygen atoms in total. The van der Waals surface area contributed by atoms with Crippen LogP contribution in [-0.4, -0.2) is 19.1 Å². The summed E-state index contributed by atoms with van der Waals surface area (Å²) < 4.78 is 11.1. The molecule has 0 heterocycles. The molecular formula is C16H16ClNO3. The number of halogens is 1. The highest BCUT2D eigenvalue weighted by molar-refractivity contribution is 6.31. The van der Waals surface area contributed by atoms with Crippen molar-refractivity contribution in [2.45, 2.75) is 6.92 Å². The van der Waals surface area contributed by atoms with Crippen LogP contribution in [-0.2, 0) is 0 Å². The highest BCUT2D eigenvalue weighted by Gasteiger charge is 2.10. The van der Waals surface area contributed by atoms with E-state index < -0.39 is 5.91 Å². The van der Waals surface area contributed by atoms with Crippen LogP contribution in [0.5, 0.6) is 11.5 Å². The first-order valence-corrected chi connectivity index (χ1v) is 6.85.